The number of nitrogens with zero attached hydrogens (tertiary/aromatic N) is 2. The number of aryl methyl sites for hydroxylation is 1. The van der Waals surface area contributed by atoms with Crippen molar-refractivity contribution in [2.45, 2.75) is 6.92 Å². The van der Waals surface area contributed by atoms with Gasteiger partial charge in [-0.15, -0.1) is 0 Å². The van der Waals surface area contributed by atoms with Crippen molar-refractivity contribution in [3.63, 3.8) is 0 Å². The second-order valence-electron chi connectivity index (χ2n) is 3.29. The lowest BCUT2D eigenvalue weighted by Crippen LogP contribution is -2.01. The molecule has 0 aliphatic rings. The van der Waals surface area contributed by atoms with Gasteiger partial charge < -0.3 is 5.73 Å². The molecule has 1 heterocycles. The van der Waals surface area contributed by atoms with E-state index in [0.29, 0.717) is 15.9 Å². The van der Waals surface area contributed by atoms with Crippen molar-refractivity contribution in [3.8, 4) is 5.69 Å². The van der Waals surface area contributed by atoms with Crippen molar-refractivity contribution in [1.82, 2.24) is 9.78 Å². The fourth-order valence-electron chi connectivity index (χ4n) is 1.34. The number of hydrogen-bond donors (Lipinski definition) is 1. The quantitative estimate of drug-likeness (QED) is 0.867. The lowest BCUT2D eigenvalue weighted by atomic mass is 10.3. The van der Waals surface area contributed by atoms with Gasteiger partial charge in [0.25, 0.3) is 0 Å². The zero-order chi connectivity index (χ0) is 11.9. The minimum Gasteiger partial charge on any atom is -0.383 e. The highest BCUT2D eigenvalue weighted by atomic mass is 79.9. The Morgan fingerprint density at radius 1 is 1.31 bits per heavy atom. The first kappa shape index (κ1) is 11.8. The normalized spacial score (nSPS) is 10.8. The Morgan fingerprint density at radius 3 is 2.50 bits per heavy atom. The third-order valence-corrected chi connectivity index (χ3v) is 3.89. The summed E-state index contributed by atoms with van der Waals surface area (Å²) in [6, 6.07) is 5.24. The highest BCUT2D eigenvalue weighted by Gasteiger charge is 2.11. The van der Waals surface area contributed by atoms with E-state index < -0.39 is 0 Å². The van der Waals surface area contributed by atoms with Gasteiger partial charge >= 0.3 is 0 Å². The van der Waals surface area contributed by atoms with Gasteiger partial charge in [0.15, 0.2) is 0 Å². The lowest BCUT2D eigenvalue weighted by Gasteiger charge is -2.05. The first-order valence-corrected chi connectivity index (χ1v) is 6.01. The van der Waals surface area contributed by atoms with E-state index in [1.54, 1.807) is 16.8 Å². The molecule has 2 aromatic rings. The zero-order valence-electron chi connectivity index (χ0n) is 8.34. The molecule has 0 radical (unpaired) electrons. The van der Waals surface area contributed by atoms with E-state index in [4.69, 9.17) is 28.9 Å². The third kappa shape index (κ3) is 1.93. The van der Waals surface area contributed by atoms with Crippen LogP contribution in [-0.2, 0) is 0 Å². The van der Waals surface area contributed by atoms with E-state index in [1.165, 1.54) is 0 Å². The summed E-state index contributed by atoms with van der Waals surface area (Å²) in [6.07, 6.45) is 0. The smallest absolute Gasteiger partial charge is 0.141 e. The molecule has 6 heteroatoms. The monoisotopic (exact) mass is 319 g/mol. The molecule has 2 rings (SSSR count). The largest absolute Gasteiger partial charge is 0.383 e. The van der Waals surface area contributed by atoms with Crippen molar-refractivity contribution >= 4 is 44.9 Å². The average Bonchev–Trinajstić information content (AvgIpc) is 2.50. The fourth-order valence-corrected chi connectivity index (χ4v) is 1.88. The van der Waals surface area contributed by atoms with Crippen LogP contribution in [0.15, 0.2) is 22.7 Å². The Balaban J connectivity index is 2.59. The maximum Gasteiger partial charge on any atom is 0.141 e. The first-order chi connectivity index (χ1) is 7.50. The Bertz CT molecular complexity index is 551. The van der Waals surface area contributed by atoms with Gasteiger partial charge in [-0.3, -0.25) is 0 Å². The molecule has 0 amide bonds. The van der Waals surface area contributed by atoms with Crippen LogP contribution in [0.25, 0.3) is 5.69 Å². The van der Waals surface area contributed by atoms with E-state index in [-0.39, 0.29) is 0 Å². The molecular formula is C10H8BrCl2N3. The molecule has 0 saturated carbocycles. The zero-order valence-corrected chi connectivity index (χ0v) is 11.4. The van der Waals surface area contributed by atoms with Gasteiger partial charge in [-0.05, 0) is 41.1 Å². The minimum absolute atomic E-state index is 0.475. The van der Waals surface area contributed by atoms with E-state index in [9.17, 15) is 0 Å². The molecule has 3 nitrogen and oxygen atoms in total. The molecule has 2 N–H and O–H groups in total. The molecule has 0 fully saturated rings. The number of rotatable bonds is 1. The van der Waals surface area contributed by atoms with Gasteiger partial charge in [-0.25, -0.2) is 4.68 Å². The highest BCUT2D eigenvalue weighted by Crippen LogP contribution is 2.29. The van der Waals surface area contributed by atoms with Crippen LogP contribution in [0.5, 0.6) is 0 Å². The Morgan fingerprint density at radius 2 is 2.00 bits per heavy atom. The van der Waals surface area contributed by atoms with E-state index in [1.807, 2.05) is 13.0 Å². The van der Waals surface area contributed by atoms with E-state index in [0.717, 1.165) is 15.9 Å². The van der Waals surface area contributed by atoms with Gasteiger partial charge in [0.2, 0.25) is 0 Å². The van der Waals surface area contributed by atoms with Crippen molar-refractivity contribution in [3.05, 3.63) is 38.4 Å². The Hall–Kier alpha value is -0.710. The summed E-state index contributed by atoms with van der Waals surface area (Å²) in [4.78, 5) is 0. The maximum absolute atomic E-state index is 5.94. The standard InChI is InChI=1S/C10H8BrCl2N3/c1-5-9(11)10(14)16(15-5)6-2-3-7(12)8(13)4-6/h2-4H,14H2,1H3. The summed E-state index contributed by atoms with van der Waals surface area (Å²) in [6.45, 7) is 1.87. The van der Waals surface area contributed by atoms with Gasteiger partial charge in [0.1, 0.15) is 5.82 Å². The van der Waals surface area contributed by atoms with Crippen LogP contribution in [0.4, 0.5) is 5.82 Å². The van der Waals surface area contributed by atoms with Crippen LogP contribution in [0.3, 0.4) is 0 Å². The van der Waals surface area contributed by atoms with Crippen LogP contribution in [0.2, 0.25) is 10.0 Å². The van der Waals surface area contributed by atoms with Crippen LogP contribution >= 0.6 is 39.1 Å². The van der Waals surface area contributed by atoms with Crippen molar-refractivity contribution < 1.29 is 0 Å². The predicted octanol–water partition coefficient (Wildman–Crippen LogP) is 3.83. The van der Waals surface area contributed by atoms with Gasteiger partial charge in [0, 0.05) is 0 Å². The third-order valence-electron chi connectivity index (χ3n) is 2.17. The second-order valence-corrected chi connectivity index (χ2v) is 4.90. The number of aromatic nitrogens is 2. The number of anilines is 1. The molecule has 1 aromatic carbocycles. The topological polar surface area (TPSA) is 43.8 Å². The number of hydrogen-bond acceptors (Lipinski definition) is 2. The van der Waals surface area contributed by atoms with E-state index >= 15 is 0 Å². The Labute approximate surface area is 111 Å². The Kier molecular flexibility index (Phi) is 3.15. The molecule has 1 aromatic heterocycles. The molecule has 0 spiro atoms. The fraction of sp³-hybridized carbons (Fsp3) is 0.100. The van der Waals surface area contributed by atoms with Crippen molar-refractivity contribution in [1.29, 1.82) is 0 Å². The number of nitrogen functional groups attached to an aromatic ring is 1. The average molecular weight is 321 g/mol. The van der Waals surface area contributed by atoms with Gasteiger partial charge in [-0.1, -0.05) is 23.2 Å². The van der Waals surface area contributed by atoms with Gasteiger partial charge in [0.05, 0.1) is 25.9 Å². The number of nitrogens with two attached hydrogens (primary N) is 1. The van der Waals surface area contributed by atoms with Crippen LogP contribution in [0, 0.1) is 6.92 Å². The molecule has 0 atom stereocenters. The van der Waals surface area contributed by atoms with Crippen LogP contribution in [0.1, 0.15) is 5.69 Å². The summed E-state index contributed by atoms with van der Waals surface area (Å²) < 4.78 is 2.40. The van der Waals surface area contributed by atoms with E-state index in [2.05, 4.69) is 21.0 Å². The summed E-state index contributed by atoms with van der Waals surface area (Å²) in [5.41, 5.74) is 7.50. The van der Waals surface area contributed by atoms with Crippen LogP contribution in [-0.4, -0.2) is 9.78 Å². The molecule has 16 heavy (non-hydrogen) atoms. The molecule has 0 unspecified atom stereocenters. The molecular weight excluding hydrogens is 313 g/mol. The van der Waals surface area contributed by atoms with Crippen molar-refractivity contribution in [2.75, 3.05) is 5.73 Å². The highest BCUT2D eigenvalue weighted by molar-refractivity contribution is 9.10. The number of benzene rings is 1. The van der Waals surface area contributed by atoms with Gasteiger partial charge in [-0.2, -0.15) is 5.10 Å². The summed E-state index contributed by atoms with van der Waals surface area (Å²) in [5, 5.41) is 5.28. The summed E-state index contributed by atoms with van der Waals surface area (Å²) in [7, 11) is 0. The molecule has 0 bridgehead atoms. The van der Waals surface area contributed by atoms with Crippen LogP contribution < -0.4 is 5.73 Å². The minimum atomic E-state index is 0.475. The maximum atomic E-state index is 5.94. The molecule has 0 saturated heterocycles. The number of halogens is 3. The molecule has 0 aliphatic carbocycles. The molecule has 84 valence electrons. The predicted molar refractivity (Wildman–Crippen MR) is 70.4 cm³/mol. The SMILES string of the molecule is Cc1nn(-c2ccc(Cl)c(Cl)c2)c(N)c1Br. The van der Waals surface area contributed by atoms with Crippen molar-refractivity contribution in [2.24, 2.45) is 0 Å². The lowest BCUT2D eigenvalue weighted by molar-refractivity contribution is 0.872. The second kappa shape index (κ2) is 4.28. The summed E-state index contributed by atoms with van der Waals surface area (Å²) in [5.74, 6) is 0.538. The summed E-state index contributed by atoms with van der Waals surface area (Å²) >= 11 is 15.1. The molecule has 0 aliphatic heterocycles. The first-order valence-electron chi connectivity index (χ1n) is 4.46.